The van der Waals surface area contributed by atoms with Crippen LogP contribution >= 0.6 is 11.6 Å². The first-order valence-electron chi connectivity index (χ1n) is 11.3. The molecule has 0 unspecified atom stereocenters. The van der Waals surface area contributed by atoms with Gasteiger partial charge < -0.3 is 9.64 Å². The molecule has 0 saturated carbocycles. The Hall–Kier alpha value is -2.96. The van der Waals surface area contributed by atoms with Gasteiger partial charge in [0.1, 0.15) is 17.3 Å². The van der Waals surface area contributed by atoms with E-state index in [4.69, 9.17) is 16.3 Å². The molecule has 1 saturated heterocycles. The first kappa shape index (κ1) is 23.2. The minimum absolute atomic E-state index is 0.225. The Kier molecular flexibility index (Phi) is 7.57. The highest BCUT2D eigenvalue weighted by Gasteiger charge is 2.18. The number of halogens is 1. The molecule has 6 nitrogen and oxygen atoms in total. The maximum atomic E-state index is 13.1. The first-order valence-corrected chi connectivity index (χ1v) is 11.7. The van der Waals surface area contributed by atoms with E-state index in [0.29, 0.717) is 5.02 Å². The van der Waals surface area contributed by atoms with Gasteiger partial charge >= 0.3 is 0 Å². The van der Waals surface area contributed by atoms with E-state index in [1.54, 1.807) is 30.3 Å². The number of amides is 1. The Morgan fingerprint density at radius 2 is 1.76 bits per heavy atom. The van der Waals surface area contributed by atoms with Gasteiger partial charge in [-0.3, -0.25) is 14.7 Å². The standard InChI is InChI=1S/C26H29ClN4O2/c1-19-6-7-21(16-28-19)18-33-25-23(27)12-13-24(29-25)26(32)30(2)22-10-8-20(9-11-22)17-31-14-4-3-5-15-31/h6-13,16H,3-5,14-15,17-18H2,1-2H3. The van der Waals surface area contributed by atoms with Gasteiger partial charge in [-0.15, -0.1) is 0 Å². The number of ether oxygens (including phenoxy) is 1. The first-order chi connectivity index (χ1) is 16.0. The molecule has 7 heteroatoms. The van der Waals surface area contributed by atoms with Crippen LogP contribution in [0.15, 0.2) is 54.7 Å². The molecule has 33 heavy (non-hydrogen) atoms. The molecule has 1 aromatic carbocycles. The summed E-state index contributed by atoms with van der Waals surface area (Å²) in [7, 11) is 1.75. The maximum Gasteiger partial charge on any atom is 0.276 e. The molecule has 0 atom stereocenters. The summed E-state index contributed by atoms with van der Waals surface area (Å²) >= 11 is 6.25. The van der Waals surface area contributed by atoms with Crippen molar-refractivity contribution in [3.63, 3.8) is 0 Å². The SMILES string of the molecule is Cc1ccc(COc2nc(C(=O)N(C)c3ccc(CN4CCCCC4)cc3)ccc2Cl)cn1. The van der Waals surface area contributed by atoms with Crippen LogP contribution in [-0.2, 0) is 13.2 Å². The highest BCUT2D eigenvalue weighted by atomic mass is 35.5. The lowest BCUT2D eigenvalue weighted by Crippen LogP contribution is -2.29. The summed E-state index contributed by atoms with van der Waals surface area (Å²) < 4.78 is 5.77. The van der Waals surface area contributed by atoms with Crippen molar-refractivity contribution in [2.24, 2.45) is 0 Å². The molecule has 0 radical (unpaired) electrons. The third-order valence-electron chi connectivity index (χ3n) is 5.86. The third kappa shape index (κ3) is 6.09. The molecule has 0 spiro atoms. The smallest absolute Gasteiger partial charge is 0.276 e. The number of rotatable bonds is 7. The summed E-state index contributed by atoms with van der Waals surface area (Å²) in [4.78, 5) is 25.8. The number of carbonyl (C=O) groups is 1. The lowest BCUT2D eigenvalue weighted by Gasteiger charge is -2.26. The van der Waals surface area contributed by atoms with Crippen molar-refractivity contribution < 1.29 is 9.53 Å². The summed E-state index contributed by atoms with van der Waals surface area (Å²) in [6.07, 6.45) is 5.63. The normalized spacial score (nSPS) is 14.2. The van der Waals surface area contributed by atoms with Crippen LogP contribution in [0.2, 0.25) is 5.02 Å². The lowest BCUT2D eigenvalue weighted by atomic mass is 10.1. The van der Waals surface area contributed by atoms with E-state index in [9.17, 15) is 4.79 Å². The lowest BCUT2D eigenvalue weighted by molar-refractivity contribution is 0.0987. The van der Waals surface area contributed by atoms with Gasteiger partial charge in [0.05, 0.1) is 0 Å². The second kappa shape index (κ2) is 10.8. The Labute approximate surface area is 200 Å². The minimum atomic E-state index is -0.225. The van der Waals surface area contributed by atoms with Crippen molar-refractivity contribution in [3.8, 4) is 5.88 Å². The fourth-order valence-corrected chi connectivity index (χ4v) is 4.03. The van der Waals surface area contributed by atoms with Crippen LogP contribution in [0.25, 0.3) is 0 Å². The summed E-state index contributed by atoms with van der Waals surface area (Å²) in [6.45, 7) is 5.47. The number of piperidine rings is 1. The molecule has 1 aliphatic rings. The fourth-order valence-electron chi connectivity index (χ4n) is 3.87. The second-order valence-electron chi connectivity index (χ2n) is 8.45. The fraction of sp³-hybridized carbons (Fsp3) is 0.346. The molecule has 0 bridgehead atoms. The van der Waals surface area contributed by atoms with Gasteiger partial charge in [-0.2, -0.15) is 0 Å². The second-order valence-corrected chi connectivity index (χ2v) is 8.85. The quantitative estimate of drug-likeness (QED) is 0.476. The van der Waals surface area contributed by atoms with Crippen LogP contribution in [-0.4, -0.2) is 40.9 Å². The predicted octanol–water partition coefficient (Wildman–Crippen LogP) is 5.28. The van der Waals surface area contributed by atoms with Gasteiger partial charge in [-0.25, -0.2) is 4.98 Å². The Morgan fingerprint density at radius 1 is 1.03 bits per heavy atom. The Morgan fingerprint density at radius 3 is 2.45 bits per heavy atom. The third-order valence-corrected chi connectivity index (χ3v) is 6.15. The number of hydrogen-bond donors (Lipinski definition) is 0. The van der Waals surface area contributed by atoms with Crippen molar-refractivity contribution in [2.75, 3.05) is 25.0 Å². The van der Waals surface area contributed by atoms with E-state index in [-0.39, 0.29) is 24.1 Å². The molecular formula is C26H29ClN4O2. The van der Waals surface area contributed by atoms with Gasteiger partial charge in [0, 0.05) is 36.7 Å². The van der Waals surface area contributed by atoms with Gasteiger partial charge in [0.2, 0.25) is 5.88 Å². The minimum Gasteiger partial charge on any atom is -0.472 e. The molecule has 4 rings (SSSR count). The number of hydrogen-bond acceptors (Lipinski definition) is 5. The van der Waals surface area contributed by atoms with Crippen LogP contribution in [0.5, 0.6) is 5.88 Å². The molecule has 1 amide bonds. The van der Waals surface area contributed by atoms with Crippen molar-refractivity contribution in [1.82, 2.24) is 14.9 Å². The van der Waals surface area contributed by atoms with Crippen LogP contribution in [0.3, 0.4) is 0 Å². The molecule has 1 aliphatic heterocycles. The number of nitrogens with zero attached hydrogens (tertiary/aromatic N) is 4. The van der Waals surface area contributed by atoms with E-state index in [2.05, 4.69) is 27.0 Å². The number of anilines is 1. The largest absolute Gasteiger partial charge is 0.472 e. The van der Waals surface area contributed by atoms with E-state index in [1.165, 1.54) is 24.8 Å². The predicted molar refractivity (Wildman–Crippen MR) is 131 cm³/mol. The molecule has 172 valence electrons. The molecule has 2 aromatic heterocycles. The van der Waals surface area contributed by atoms with Gasteiger partial charge in [-0.1, -0.05) is 36.2 Å². The van der Waals surface area contributed by atoms with E-state index < -0.39 is 0 Å². The van der Waals surface area contributed by atoms with E-state index >= 15 is 0 Å². The van der Waals surface area contributed by atoms with Crippen molar-refractivity contribution >= 4 is 23.2 Å². The number of likely N-dealkylation sites (tertiary alicyclic amines) is 1. The molecule has 3 aromatic rings. The molecule has 0 aliphatic carbocycles. The van der Waals surface area contributed by atoms with Crippen molar-refractivity contribution in [3.05, 3.63) is 82.3 Å². The molecular weight excluding hydrogens is 436 g/mol. The summed E-state index contributed by atoms with van der Waals surface area (Å²) in [5, 5.41) is 0.358. The molecule has 0 N–H and O–H groups in total. The number of aromatic nitrogens is 2. The highest BCUT2D eigenvalue weighted by Crippen LogP contribution is 2.25. The average molecular weight is 465 g/mol. The zero-order valence-electron chi connectivity index (χ0n) is 19.1. The van der Waals surface area contributed by atoms with Gasteiger partial charge in [-0.05, 0) is 68.8 Å². The van der Waals surface area contributed by atoms with Crippen molar-refractivity contribution in [1.29, 1.82) is 0 Å². The van der Waals surface area contributed by atoms with E-state index in [0.717, 1.165) is 36.6 Å². The number of carbonyl (C=O) groups excluding carboxylic acids is 1. The van der Waals surface area contributed by atoms with Crippen LogP contribution in [0.1, 0.15) is 46.6 Å². The van der Waals surface area contributed by atoms with Gasteiger partial charge in [0.25, 0.3) is 5.91 Å². The summed E-state index contributed by atoms with van der Waals surface area (Å²) in [6, 6.07) is 15.3. The van der Waals surface area contributed by atoms with Crippen LogP contribution in [0, 0.1) is 6.92 Å². The summed E-state index contributed by atoms with van der Waals surface area (Å²) in [5.74, 6) is 0.00525. The number of benzene rings is 1. The highest BCUT2D eigenvalue weighted by molar-refractivity contribution is 6.31. The molecule has 3 heterocycles. The zero-order valence-corrected chi connectivity index (χ0v) is 19.9. The number of pyridine rings is 2. The summed E-state index contributed by atoms with van der Waals surface area (Å²) in [5.41, 5.74) is 4.18. The maximum absolute atomic E-state index is 13.1. The Balaban J connectivity index is 1.41. The van der Waals surface area contributed by atoms with Gasteiger partial charge in [0.15, 0.2) is 0 Å². The van der Waals surface area contributed by atoms with Crippen LogP contribution in [0.4, 0.5) is 5.69 Å². The number of aryl methyl sites for hydroxylation is 1. The molecule has 1 fully saturated rings. The zero-order chi connectivity index (χ0) is 23.2. The van der Waals surface area contributed by atoms with E-state index in [1.807, 2.05) is 31.2 Å². The monoisotopic (exact) mass is 464 g/mol. The average Bonchev–Trinajstić information content (AvgIpc) is 2.85. The van der Waals surface area contributed by atoms with Crippen LogP contribution < -0.4 is 9.64 Å². The topological polar surface area (TPSA) is 58.6 Å². The van der Waals surface area contributed by atoms with Crippen molar-refractivity contribution in [2.45, 2.75) is 39.3 Å². The Bertz CT molecular complexity index is 1080.